The molecule has 1 heterocycles. The molecule has 0 saturated carbocycles. The third-order valence-electron chi connectivity index (χ3n) is 3.79. The normalized spacial score (nSPS) is 12.4. The molecule has 1 atom stereocenters. The van der Waals surface area contributed by atoms with Crippen molar-refractivity contribution in [3.63, 3.8) is 0 Å². The van der Waals surface area contributed by atoms with E-state index in [1.54, 1.807) is 12.1 Å². The monoisotopic (exact) mass is 392 g/mol. The van der Waals surface area contributed by atoms with Crippen molar-refractivity contribution in [2.45, 2.75) is 19.9 Å². The Bertz CT molecular complexity index is 882. The van der Waals surface area contributed by atoms with Crippen molar-refractivity contribution >= 4 is 44.1 Å². The highest BCUT2D eigenvalue weighted by atomic mass is 79.9. The van der Waals surface area contributed by atoms with Crippen molar-refractivity contribution in [3.05, 3.63) is 69.0 Å². The second kappa shape index (κ2) is 6.46. The van der Waals surface area contributed by atoms with Gasteiger partial charge in [-0.2, -0.15) is 0 Å². The summed E-state index contributed by atoms with van der Waals surface area (Å²) in [7, 11) is 0. The van der Waals surface area contributed by atoms with Gasteiger partial charge in [0.25, 0.3) is 0 Å². The van der Waals surface area contributed by atoms with Gasteiger partial charge in [-0.05, 0) is 38.1 Å². The van der Waals surface area contributed by atoms with Gasteiger partial charge in [-0.15, -0.1) is 0 Å². The molecule has 1 N–H and O–H groups in total. The average Bonchev–Trinajstić information content (AvgIpc) is 2.53. The quantitative estimate of drug-likeness (QED) is 0.567. The van der Waals surface area contributed by atoms with Crippen LogP contribution in [0.5, 0.6) is 0 Å². The van der Waals surface area contributed by atoms with E-state index in [0.29, 0.717) is 10.6 Å². The van der Waals surface area contributed by atoms with Crippen molar-refractivity contribution in [2.75, 3.05) is 5.32 Å². The summed E-state index contributed by atoms with van der Waals surface area (Å²) in [5.41, 5.74) is 2.95. The molecule has 0 aliphatic heterocycles. The van der Waals surface area contributed by atoms with Gasteiger partial charge in [-0.3, -0.25) is 4.98 Å². The zero-order chi connectivity index (χ0) is 16.6. The Morgan fingerprint density at radius 2 is 1.96 bits per heavy atom. The minimum absolute atomic E-state index is 0.224. The fraction of sp³-hybridized carbons (Fsp3) is 0.167. The van der Waals surface area contributed by atoms with Crippen LogP contribution in [0.2, 0.25) is 5.02 Å². The van der Waals surface area contributed by atoms with E-state index >= 15 is 0 Å². The summed E-state index contributed by atoms with van der Waals surface area (Å²) >= 11 is 9.94. The molecule has 3 rings (SSSR count). The Balaban J connectivity index is 2.10. The van der Waals surface area contributed by atoms with Gasteiger partial charge in [0, 0.05) is 15.4 Å². The molecule has 0 spiro atoms. The number of hydrogen-bond donors (Lipinski definition) is 1. The maximum atomic E-state index is 14.0. The van der Waals surface area contributed by atoms with Crippen LogP contribution in [0.25, 0.3) is 10.9 Å². The lowest BCUT2D eigenvalue weighted by molar-refractivity contribution is 0.600. The Morgan fingerprint density at radius 3 is 2.70 bits per heavy atom. The van der Waals surface area contributed by atoms with Gasteiger partial charge >= 0.3 is 0 Å². The lowest BCUT2D eigenvalue weighted by Gasteiger charge is -2.20. The summed E-state index contributed by atoms with van der Waals surface area (Å²) in [4.78, 5) is 4.51. The van der Waals surface area contributed by atoms with Gasteiger partial charge in [-0.1, -0.05) is 45.7 Å². The molecule has 5 heteroatoms. The van der Waals surface area contributed by atoms with Gasteiger partial charge < -0.3 is 5.32 Å². The topological polar surface area (TPSA) is 24.9 Å². The second-order valence-electron chi connectivity index (χ2n) is 5.44. The molecule has 0 radical (unpaired) electrons. The predicted molar refractivity (Wildman–Crippen MR) is 97.6 cm³/mol. The van der Waals surface area contributed by atoms with E-state index < -0.39 is 0 Å². The van der Waals surface area contributed by atoms with E-state index in [4.69, 9.17) is 11.6 Å². The molecule has 0 amide bonds. The van der Waals surface area contributed by atoms with Crippen LogP contribution in [0, 0.1) is 12.7 Å². The number of hydrogen-bond acceptors (Lipinski definition) is 2. The second-order valence-corrected chi connectivity index (χ2v) is 6.73. The lowest BCUT2D eigenvalue weighted by Crippen LogP contribution is -2.10. The maximum Gasteiger partial charge on any atom is 0.128 e. The van der Waals surface area contributed by atoms with Crippen LogP contribution in [0.3, 0.4) is 0 Å². The average molecular weight is 394 g/mol. The van der Waals surface area contributed by atoms with Crippen LogP contribution in [0.1, 0.15) is 24.2 Å². The number of aromatic nitrogens is 1. The molecule has 1 unspecified atom stereocenters. The minimum atomic E-state index is -0.236. The van der Waals surface area contributed by atoms with E-state index in [1.165, 1.54) is 6.07 Å². The van der Waals surface area contributed by atoms with Gasteiger partial charge in [0.1, 0.15) is 5.82 Å². The molecule has 118 valence electrons. The highest BCUT2D eigenvalue weighted by molar-refractivity contribution is 9.10. The zero-order valence-electron chi connectivity index (χ0n) is 12.7. The third kappa shape index (κ3) is 3.19. The number of benzene rings is 2. The summed E-state index contributed by atoms with van der Waals surface area (Å²) in [5.74, 6) is -0.236. The standard InChI is InChI=1S/C18H15BrClFN2/c1-10(13-5-3-4-6-15(13)21)23-18-14-9-12(19)7-8-16(14)22-11(2)17(18)20/h3-10H,1-2H3,(H,22,23). The van der Waals surface area contributed by atoms with Crippen molar-refractivity contribution < 1.29 is 4.39 Å². The van der Waals surface area contributed by atoms with Gasteiger partial charge in [0.05, 0.1) is 28.0 Å². The van der Waals surface area contributed by atoms with Crippen LogP contribution in [0.15, 0.2) is 46.9 Å². The molecule has 1 aromatic heterocycles. The SMILES string of the molecule is Cc1nc2ccc(Br)cc2c(NC(C)c2ccccc2F)c1Cl. The molecule has 23 heavy (non-hydrogen) atoms. The van der Waals surface area contributed by atoms with Gasteiger partial charge in [0.15, 0.2) is 0 Å². The molecule has 2 aromatic carbocycles. The third-order valence-corrected chi connectivity index (χ3v) is 4.74. The largest absolute Gasteiger partial charge is 0.377 e. The summed E-state index contributed by atoms with van der Waals surface area (Å²) in [6.07, 6.45) is 0. The number of nitrogens with one attached hydrogen (secondary N) is 1. The Hall–Kier alpha value is -1.65. The molecule has 0 aliphatic rings. The van der Waals surface area contributed by atoms with Crippen LogP contribution < -0.4 is 5.32 Å². The van der Waals surface area contributed by atoms with Gasteiger partial charge in [-0.25, -0.2) is 4.39 Å². The number of pyridine rings is 1. The van der Waals surface area contributed by atoms with Crippen molar-refractivity contribution in [3.8, 4) is 0 Å². The van der Waals surface area contributed by atoms with E-state index in [9.17, 15) is 4.39 Å². The summed E-state index contributed by atoms with van der Waals surface area (Å²) < 4.78 is 14.9. The van der Waals surface area contributed by atoms with Crippen molar-refractivity contribution in [2.24, 2.45) is 0 Å². The smallest absolute Gasteiger partial charge is 0.128 e. The van der Waals surface area contributed by atoms with Crippen LogP contribution in [-0.4, -0.2) is 4.98 Å². The van der Waals surface area contributed by atoms with Crippen molar-refractivity contribution in [1.82, 2.24) is 4.98 Å². The van der Waals surface area contributed by atoms with Crippen LogP contribution >= 0.6 is 27.5 Å². The molecule has 0 saturated heterocycles. The molecular weight excluding hydrogens is 379 g/mol. The van der Waals surface area contributed by atoms with Gasteiger partial charge in [0.2, 0.25) is 0 Å². The zero-order valence-corrected chi connectivity index (χ0v) is 15.0. The molecule has 3 aromatic rings. The number of nitrogens with zero attached hydrogens (tertiary/aromatic N) is 1. The Morgan fingerprint density at radius 1 is 1.22 bits per heavy atom. The first-order valence-corrected chi connectivity index (χ1v) is 8.41. The number of rotatable bonds is 3. The number of halogens is 3. The highest BCUT2D eigenvalue weighted by Crippen LogP contribution is 2.36. The molecule has 0 aliphatic carbocycles. The number of fused-ring (bicyclic) bond motifs is 1. The fourth-order valence-electron chi connectivity index (χ4n) is 2.60. The Kier molecular flexibility index (Phi) is 4.55. The minimum Gasteiger partial charge on any atom is -0.377 e. The first kappa shape index (κ1) is 16.2. The first-order chi connectivity index (χ1) is 11.0. The molecule has 0 bridgehead atoms. The first-order valence-electron chi connectivity index (χ1n) is 7.23. The van der Waals surface area contributed by atoms with Crippen LogP contribution in [0.4, 0.5) is 10.1 Å². The highest BCUT2D eigenvalue weighted by Gasteiger charge is 2.16. The van der Waals surface area contributed by atoms with Crippen molar-refractivity contribution in [1.29, 1.82) is 0 Å². The summed E-state index contributed by atoms with van der Waals surface area (Å²) in [6, 6.07) is 12.3. The molecular formula is C18H15BrClFN2. The molecule has 2 nitrogen and oxygen atoms in total. The molecule has 0 fully saturated rings. The number of aryl methyl sites for hydroxylation is 1. The van der Waals surface area contributed by atoms with E-state index in [0.717, 1.165) is 26.8 Å². The predicted octanol–water partition coefficient (Wildman–Crippen LogP) is 6.27. The van der Waals surface area contributed by atoms with E-state index in [1.807, 2.05) is 38.1 Å². The van der Waals surface area contributed by atoms with E-state index in [-0.39, 0.29) is 11.9 Å². The van der Waals surface area contributed by atoms with E-state index in [2.05, 4.69) is 26.2 Å². The summed E-state index contributed by atoms with van der Waals surface area (Å²) in [5, 5.41) is 4.80. The van der Waals surface area contributed by atoms with Crippen LogP contribution in [-0.2, 0) is 0 Å². The summed E-state index contributed by atoms with van der Waals surface area (Å²) in [6.45, 7) is 3.77. The Labute approximate surface area is 147 Å². The fourth-order valence-corrected chi connectivity index (χ4v) is 3.16. The maximum absolute atomic E-state index is 14.0. The lowest BCUT2D eigenvalue weighted by atomic mass is 10.1. The number of anilines is 1.